The fourth-order valence-corrected chi connectivity index (χ4v) is 7.01. The highest BCUT2D eigenvalue weighted by molar-refractivity contribution is 7.10. The Hall–Kier alpha value is -1.51. The van der Waals surface area contributed by atoms with E-state index in [9.17, 15) is 4.79 Å². The second-order valence-corrected chi connectivity index (χ2v) is 11.0. The SMILES string of the molecule is O=C(CN(Cc1cccs1)C[C@H]1CCCO1)N1CCc2sccc2[C@H]1c1cccs1. The fraction of sp³-hybridized carbons (Fsp3) is 0.435. The first-order valence-electron chi connectivity index (χ1n) is 10.5. The number of rotatable bonds is 7. The third-order valence-electron chi connectivity index (χ3n) is 5.90. The third kappa shape index (κ3) is 4.41. The Kier molecular flexibility index (Phi) is 6.34. The summed E-state index contributed by atoms with van der Waals surface area (Å²) in [4.78, 5) is 22.0. The van der Waals surface area contributed by atoms with Gasteiger partial charge in [-0.15, -0.1) is 34.0 Å². The van der Waals surface area contributed by atoms with Crippen molar-refractivity contribution < 1.29 is 9.53 Å². The molecular weight excluding hydrogens is 432 g/mol. The normalized spacial score (nSPS) is 21.3. The molecule has 4 nitrogen and oxygen atoms in total. The van der Waals surface area contributed by atoms with Gasteiger partial charge in [-0.05, 0) is 59.2 Å². The highest BCUT2D eigenvalue weighted by Gasteiger charge is 2.34. The predicted octanol–water partition coefficient (Wildman–Crippen LogP) is 5.03. The van der Waals surface area contributed by atoms with Crippen LogP contribution in [0, 0.1) is 0 Å². The molecule has 0 spiro atoms. The summed E-state index contributed by atoms with van der Waals surface area (Å²) in [6, 6.07) is 10.8. The van der Waals surface area contributed by atoms with Crippen LogP contribution in [0.15, 0.2) is 46.5 Å². The van der Waals surface area contributed by atoms with Gasteiger partial charge in [0.15, 0.2) is 0 Å². The Labute approximate surface area is 189 Å². The quantitative estimate of drug-likeness (QED) is 0.498. The average molecular weight is 459 g/mol. The van der Waals surface area contributed by atoms with E-state index >= 15 is 0 Å². The van der Waals surface area contributed by atoms with Crippen molar-refractivity contribution >= 4 is 39.9 Å². The number of nitrogens with zero attached hydrogens (tertiary/aromatic N) is 2. The van der Waals surface area contributed by atoms with Gasteiger partial charge in [-0.25, -0.2) is 0 Å². The van der Waals surface area contributed by atoms with Gasteiger partial charge >= 0.3 is 0 Å². The zero-order valence-electron chi connectivity index (χ0n) is 16.9. The number of hydrogen-bond acceptors (Lipinski definition) is 6. The van der Waals surface area contributed by atoms with Gasteiger partial charge in [0.05, 0.1) is 18.7 Å². The van der Waals surface area contributed by atoms with Crippen molar-refractivity contribution in [1.29, 1.82) is 0 Å². The molecule has 1 amide bonds. The van der Waals surface area contributed by atoms with Gasteiger partial charge in [0.25, 0.3) is 0 Å². The van der Waals surface area contributed by atoms with Crippen LogP contribution in [0.2, 0.25) is 0 Å². The molecule has 0 aromatic carbocycles. The van der Waals surface area contributed by atoms with Crippen molar-refractivity contribution in [3.63, 3.8) is 0 Å². The van der Waals surface area contributed by atoms with E-state index in [1.54, 1.807) is 22.7 Å². The Balaban J connectivity index is 1.35. The minimum absolute atomic E-state index is 0.0545. The lowest BCUT2D eigenvalue weighted by Gasteiger charge is -2.37. The van der Waals surface area contributed by atoms with Crippen LogP contribution in [0.3, 0.4) is 0 Å². The van der Waals surface area contributed by atoms with E-state index in [0.717, 1.165) is 45.5 Å². The van der Waals surface area contributed by atoms with Crippen molar-refractivity contribution in [3.05, 3.63) is 66.7 Å². The number of hydrogen-bond donors (Lipinski definition) is 0. The molecular formula is C23H26N2O2S3. The summed E-state index contributed by atoms with van der Waals surface area (Å²) in [6.07, 6.45) is 3.42. The molecule has 5 heterocycles. The van der Waals surface area contributed by atoms with Crippen LogP contribution < -0.4 is 0 Å². The highest BCUT2D eigenvalue weighted by atomic mass is 32.1. The van der Waals surface area contributed by atoms with Gasteiger partial charge in [-0.2, -0.15) is 0 Å². The Morgan fingerprint density at radius 2 is 2.03 bits per heavy atom. The maximum atomic E-state index is 13.6. The van der Waals surface area contributed by atoms with Gasteiger partial charge < -0.3 is 9.64 Å². The van der Waals surface area contributed by atoms with E-state index in [1.165, 1.54) is 20.2 Å². The zero-order chi connectivity index (χ0) is 20.3. The molecule has 158 valence electrons. The number of ether oxygens (including phenoxy) is 1. The maximum absolute atomic E-state index is 13.6. The van der Waals surface area contributed by atoms with Crippen LogP contribution in [0.1, 0.15) is 39.1 Å². The average Bonchev–Trinajstić information content (AvgIpc) is 3.55. The molecule has 30 heavy (non-hydrogen) atoms. The van der Waals surface area contributed by atoms with Gasteiger partial charge in [0.1, 0.15) is 0 Å². The lowest BCUT2D eigenvalue weighted by Crippen LogP contribution is -2.46. The number of amides is 1. The summed E-state index contributed by atoms with van der Waals surface area (Å²) in [5.41, 5.74) is 1.31. The minimum Gasteiger partial charge on any atom is -0.377 e. The first kappa shape index (κ1) is 20.4. The zero-order valence-corrected chi connectivity index (χ0v) is 19.3. The molecule has 2 atom stereocenters. The van der Waals surface area contributed by atoms with E-state index in [-0.39, 0.29) is 18.1 Å². The maximum Gasteiger partial charge on any atom is 0.237 e. The van der Waals surface area contributed by atoms with E-state index in [0.29, 0.717) is 6.54 Å². The minimum atomic E-state index is 0.0545. The first-order chi connectivity index (χ1) is 14.8. The summed E-state index contributed by atoms with van der Waals surface area (Å²) >= 11 is 5.32. The number of carbonyl (C=O) groups excluding carboxylic acids is 1. The number of carbonyl (C=O) groups is 1. The van der Waals surface area contributed by atoms with Crippen LogP contribution in [-0.4, -0.2) is 48.1 Å². The van der Waals surface area contributed by atoms with Gasteiger partial charge in [0.2, 0.25) is 5.91 Å². The topological polar surface area (TPSA) is 32.8 Å². The molecule has 1 fully saturated rings. The predicted molar refractivity (Wildman–Crippen MR) is 124 cm³/mol. The largest absolute Gasteiger partial charge is 0.377 e. The smallest absolute Gasteiger partial charge is 0.237 e. The molecule has 7 heteroatoms. The van der Waals surface area contributed by atoms with Crippen LogP contribution >= 0.6 is 34.0 Å². The molecule has 5 rings (SSSR count). The third-order valence-corrected chi connectivity index (χ3v) is 8.69. The molecule has 0 aliphatic carbocycles. The fourth-order valence-electron chi connectivity index (χ4n) is 4.51. The molecule has 2 aliphatic heterocycles. The molecule has 0 radical (unpaired) electrons. The monoisotopic (exact) mass is 458 g/mol. The van der Waals surface area contributed by atoms with Crippen molar-refractivity contribution in [2.75, 3.05) is 26.2 Å². The van der Waals surface area contributed by atoms with Crippen molar-refractivity contribution in [2.24, 2.45) is 0 Å². The van der Waals surface area contributed by atoms with Gasteiger partial charge in [-0.3, -0.25) is 9.69 Å². The summed E-state index contributed by atoms with van der Waals surface area (Å²) in [6.45, 7) is 3.72. The second-order valence-electron chi connectivity index (χ2n) is 7.94. The molecule has 0 saturated carbocycles. The van der Waals surface area contributed by atoms with Crippen LogP contribution in [0.4, 0.5) is 0 Å². The molecule has 3 aromatic rings. The lowest BCUT2D eigenvalue weighted by molar-refractivity contribution is -0.135. The standard InChI is InChI=1S/C23H26N2O2S3/c26-22(16-24(14-17-4-1-10-27-17)15-18-5-2-11-28-18)25-9-7-20-19(8-13-30-20)23(25)21-6-3-12-29-21/h2-3,5-6,8,11-13,17,23H,1,4,7,9-10,14-16H2/t17-,23+/m1/s1. The van der Waals surface area contributed by atoms with Crippen LogP contribution in [0.5, 0.6) is 0 Å². The molecule has 2 aliphatic rings. The number of fused-ring (bicyclic) bond motifs is 1. The Bertz CT molecular complexity index is 945. The summed E-state index contributed by atoms with van der Waals surface area (Å²) < 4.78 is 5.89. The summed E-state index contributed by atoms with van der Waals surface area (Å²) in [5, 5.41) is 6.38. The highest BCUT2D eigenvalue weighted by Crippen LogP contribution is 2.39. The van der Waals surface area contributed by atoms with Crippen molar-refractivity contribution in [3.8, 4) is 0 Å². The van der Waals surface area contributed by atoms with Gasteiger partial charge in [0, 0.05) is 40.9 Å². The molecule has 3 aromatic heterocycles. The van der Waals surface area contributed by atoms with E-state index in [4.69, 9.17) is 4.74 Å². The van der Waals surface area contributed by atoms with E-state index < -0.39 is 0 Å². The van der Waals surface area contributed by atoms with E-state index in [1.807, 2.05) is 11.3 Å². The van der Waals surface area contributed by atoms with E-state index in [2.05, 4.69) is 56.3 Å². The Morgan fingerprint density at radius 3 is 2.80 bits per heavy atom. The lowest BCUT2D eigenvalue weighted by atomic mass is 9.98. The molecule has 0 N–H and O–H groups in total. The molecule has 1 saturated heterocycles. The molecule has 0 unspecified atom stereocenters. The van der Waals surface area contributed by atoms with Crippen molar-refractivity contribution in [2.45, 2.75) is 38.0 Å². The summed E-state index contributed by atoms with van der Waals surface area (Å²) in [5.74, 6) is 0.222. The second kappa shape index (κ2) is 9.32. The molecule has 0 bridgehead atoms. The van der Waals surface area contributed by atoms with Crippen molar-refractivity contribution in [1.82, 2.24) is 9.80 Å². The van der Waals surface area contributed by atoms with Crippen LogP contribution in [0.25, 0.3) is 0 Å². The Morgan fingerprint density at radius 1 is 1.13 bits per heavy atom. The van der Waals surface area contributed by atoms with Crippen LogP contribution in [-0.2, 0) is 22.5 Å². The summed E-state index contributed by atoms with van der Waals surface area (Å²) in [7, 11) is 0. The van der Waals surface area contributed by atoms with Gasteiger partial charge in [-0.1, -0.05) is 12.1 Å². The number of thiophene rings is 3. The first-order valence-corrected chi connectivity index (χ1v) is 13.2.